The van der Waals surface area contributed by atoms with Crippen LogP contribution in [0.3, 0.4) is 0 Å². The van der Waals surface area contributed by atoms with Crippen LogP contribution in [0.1, 0.15) is 24.2 Å². The number of ether oxygens (including phenoxy) is 1. The first-order chi connectivity index (χ1) is 12.0. The molecule has 130 valence electrons. The molecule has 1 N–H and O–H groups in total. The van der Waals surface area contributed by atoms with Crippen LogP contribution in [0.25, 0.3) is 11.3 Å². The Morgan fingerprint density at radius 2 is 1.96 bits per heavy atom. The van der Waals surface area contributed by atoms with Crippen LogP contribution in [-0.2, 0) is 4.74 Å². The lowest BCUT2D eigenvalue weighted by Crippen LogP contribution is -2.47. The number of hydrogen-bond acceptors (Lipinski definition) is 6. The van der Waals surface area contributed by atoms with E-state index in [0.717, 1.165) is 48.6 Å². The highest BCUT2D eigenvalue weighted by molar-refractivity contribution is 5.70. The Labute approximate surface area is 146 Å². The van der Waals surface area contributed by atoms with E-state index >= 15 is 0 Å². The molecule has 4 heterocycles. The first-order valence-electron chi connectivity index (χ1n) is 8.54. The molecule has 0 unspecified atom stereocenters. The number of carbonyl (C=O) groups is 1. The molecule has 2 aliphatic rings. The molecule has 0 bridgehead atoms. The second kappa shape index (κ2) is 5.98. The highest BCUT2D eigenvalue weighted by Crippen LogP contribution is 2.31. The molecule has 0 aliphatic carbocycles. The zero-order valence-electron chi connectivity index (χ0n) is 14.5. The minimum absolute atomic E-state index is 0.311. The third kappa shape index (κ3) is 3.01. The second-order valence-electron chi connectivity index (χ2n) is 6.74. The van der Waals surface area contributed by atoms with Gasteiger partial charge in [0, 0.05) is 49.1 Å². The largest absolute Gasteiger partial charge is 0.441 e. The van der Waals surface area contributed by atoms with E-state index in [2.05, 4.69) is 26.3 Å². The SMILES string of the molecule is Cc1ccc(-c2ccnc(N3CCC4(CC3)CNC(=O)O4)n2)c(C)n1. The molecule has 7 heteroatoms. The number of carbonyl (C=O) groups excluding carboxylic acids is 1. The number of pyridine rings is 1. The Hall–Kier alpha value is -2.70. The molecule has 0 radical (unpaired) electrons. The molecular formula is C18H21N5O2. The van der Waals surface area contributed by atoms with Gasteiger partial charge in [-0.15, -0.1) is 0 Å². The highest BCUT2D eigenvalue weighted by Gasteiger charge is 2.43. The van der Waals surface area contributed by atoms with Crippen molar-refractivity contribution in [1.29, 1.82) is 0 Å². The summed E-state index contributed by atoms with van der Waals surface area (Å²) in [5.41, 5.74) is 3.51. The predicted molar refractivity (Wildman–Crippen MR) is 93.4 cm³/mol. The summed E-state index contributed by atoms with van der Waals surface area (Å²) in [6.45, 7) is 6.11. The minimum atomic E-state index is -0.358. The van der Waals surface area contributed by atoms with Crippen molar-refractivity contribution in [3.63, 3.8) is 0 Å². The van der Waals surface area contributed by atoms with E-state index in [1.807, 2.05) is 26.0 Å². The van der Waals surface area contributed by atoms with Gasteiger partial charge in [0.15, 0.2) is 0 Å². The maximum absolute atomic E-state index is 11.3. The Bertz CT molecular complexity index is 815. The summed E-state index contributed by atoms with van der Waals surface area (Å²) in [5.74, 6) is 0.713. The lowest BCUT2D eigenvalue weighted by molar-refractivity contribution is 0.0364. The molecule has 2 aromatic rings. The van der Waals surface area contributed by atoms with Crippen LogP contribution >= 0.6 is 0 Å². The van der Waals surface area contributed by atoms with Crippen LogP contribution in [-0.4, -0.2) is 46.3 Å². The molecule has 1 spiro atoms. The van der Waals surface area contributed by atoms with E-state index in [0.29, 0.717) is 12.5 Å². The van der Waals surface area contributed by atoms with Gasteiger partial charge in [-0.05, 0) is 32.0 Å². The molecule has 2 aromatic heterocycles. The van der Waals surface area contributed by atoms with Crippen LogP contribution in [0, 0.1) is 13.8 Å². The number of nitrogens with one attached hydrogen (secondary N) is 1. The Kier molecular flexibility index (Phi) is 3.78. The number of nitrogens with zero attached hydrogens (tertiary/aromatic N) is 4. The quantitative estimate of drug-likeness (QED) is 0.904. The summed E-state index contributed by atoms with van der Waals surface area (Å²) in [6.07, 6.45) is 3.04. The minimum Gasteiger partial charge on any atom is -0.441 e. The number of aromatic nitrogens is 3. The standard InChI is InChI=1S/C18H21N5O2/c1-12-3-4-14(13(2)21-12)15-5-8-19-16(22-15)23-9-6-18(7-10-23)11-20-17(24)25-18/h3-5,8H,6-7,9-11H2,1-2H3,(H,20,24). The second-order valence-corrected chi connectivity index (χ2v) is 6.74. The van der Waals surface area contributed by atoms with Gasteiger partial charge in [0.05, 0.1) is 12.2 Å². The summed E-state index contributed by atoms with van der Waals surface area (Å²) in [6, 6.07) is 5.96. The number of alkyl carbamates (subject to hydrolysis) is 1. The van der Waals surface area contributed by atoms with Crippen molar-refractivity contribution in [3.05, 3.63) is 35.8 Å². The molecule has 7 nitrogen and oxygen atoms in total. The zero-order valence-corrected chi connectivity index (χ0v) is 14.5. The third-order valence-electron chi connectivity index (χ3n) is 4.97. The highest BCUT2D eigenvalue weighted by atomic mass is 16.6. The molecule has 1 amide bonds. The monoisotopic (exact) mass is 339 g/mol. The van der Waals surface area contributed by atoms with E-state index in [1.54, 1.807) is 6.20 Å². The van der Waals surface area contributed by atoms with Crippen molar-refractivity contribution in [2.45, 2.75) is 32.3 Å². The smallest absolute Gasteiger partial charge is 0.407 e. The average molecular weight is 339 g/mol. The fourth-order valence-corrected chi connectivity index (χ4v) is 3.50. The van der Waals surface area contributed by atoms with Gasteiger partial charge in [-0.3, -0.25) is 4.98 Å². The molecule has 2 saturated heterocycles. The fraction of sp³-hybridized carbons (Fsp3) is 0.444. The molecule has 2 fully saturated rings. The number of hydrogen-bond donors (Lipinski definition) is 1. The van der Waals surface area contributed by atoms with Crippen molar-refractivity contribution < 1.29 is 9.53 Å². The van der Waals surface area contributed by atoms with Crippen LogP contribution < -0.4 is 10.2 Å². The molecule has 25 heavy (non-hydrogen) atoms. The number of aryl methyl sites for hydroxylation is 2. The maximum atomic E-state index is 11.3. The van der Waals surface area contributed by atoms with Gasteiger partial charge in [0.1, 0.15) is 5.60 Å². The molecule has 0 saturated carbocycles. The van der Waals surface area contributed by atoms with E-state index in [-0.39, 0.29) is 11.7 Å². The Morgan fingerprint density at radius 3 is 2.64 bits per heavy atom. The fourth-order valence-electron chi connectivity index (χ4n) is 3.50. The predicted octanol–water partition coefficient (Wildman–Crippen LogP) is 2.23. The van der Waals surface area contributed by atoms with Gasteiger partial charge in [-0.25, -0.2) is 14.8 Å². The molecule has 2 aliphatic heterocycles. The van der Waals surface area contributed by atoms with E-state index in [4.69, 9.17) is 9.72 Å². The Balaban J connectivity index is 1.53. The van der Waals surface area contributed by atoms with Crippen LogP contribution in [0.2, 0.25) is 0 Å². The van der Waals surface area contributed by atoms with E-state index < -0.39 is 0 Å². The third-order valence-corrected chi connectivity index (χ3v) is 4.97. The normalized spacial score (nSPS) is 19.0. The summed E-state index contributed by atoms with van der Waals surface area (Å²) < 4.78 is 5.47. The number of piperidine rings is 1. The summed E-state index contributed by atoms with van der Waals surface area (Å²) in [7, 11) is 0. The first kappa shape index (κ1) is 15.8. The number of amides is 1. The van der Waals surface area contributed by atoms with Crippen molar-refractivity contribution >= 4 is 12.0 Å². The van der Waals surface area contributed by atoms with Crippen molar-refractivity contribution in [2.75, 3.05) is 24.5 Å². The molecule has 0 atom stereocenters. The summed E-state index contributed by atoms with van der Waals surface area (Å²) in [5, 5.41) is 2.76. The van der Waals surface area contributed by atoms with Crippen LogP contribution in [0.5, 0.6) is 0 Å². The van der Waals surface area contributed by atoms with Crippen LogP contribution in [0.4, 0.5) is 10.7 Å². The van der Waals surface area contributed by atoms with Gasteiger partial charge in [-0.2, -0.15) is 0 Å². The van der Waals surface area contributed by atoms with E-state index in [1.165, 1.54) is 0 Å². The Morgan fingerprint density at radius 1 is 1.16 bits per heavy atom. The van der Waals surface area contributed by atoms with Gasteiger partial charge in [0.2, 0.25) is 5.95 Å². The van der Waals surface area contributed by atoms with Crippen molar-refractivity contribution in [2.24, 2.45) is 0 Å². The van der Waals surface area contributed by atoms with Gasteiger partial charge < -0.3 is 15.0 Å². The van der Waals surface area contributed by atoms with Crippen molar-refractivity contribution in [3.8, 4) is 11.3 Å². The number of anilines is 1. The van der Waals surface area contributed by atoms with Gasteiger partial charge in [-0.1, -0.05) is 0 Å². The lowest BCUT2D eigenvalue weighted by atomic mass is 9.92. The molecular weight excluding hydrogens is 318 g/mol. The molecule has 4 rings (SSSR count). The van der Waals surface area contributed by atoms with E-state index in [9.17, 15) is 4.79 Å². The molecule has 0 aromatic carbocycles. The topological polar surface area (TPSA) is 80.2 Å². The lowest BCUT2D eigenvalue weighted by Gasteiger charge is -2.37. The van der Waals surface area contributed by atoms with Gasteiger partial charge in [0.25, 0.3) is 0 Å². The number of rotatable bonds is 2. The van der Waals surface area contributed by atoms with Gasteiger partial charge >= 0.3 is 6.09 Å². The summed E-state index contributed by atoms with van der Waals surface area (Å²) in [4.78, 5) is 27.2. The van der Waals surface area contributed by atoms with Crippen LogP contribution in [0.15, 0.2) is 24.4 Å². The average Bonchev–Trinajstić information content (AvgIpc) is 2.96. The van der Waals surface area contributed by atoms with Crippen molar-refractivity contribution in [1.82, 2.24) is 20.3 Å². The maximum Gasteiger partial charge on any atom is 0.407 e. The first-order valence-corrected chi connectivity index (χ1v) is 8.54. The summed E-state index contributed by atoms with van der Waals surface area (Å²) >= 11 is 0. The zero-order chi connectivity index (χ0) is 17.4.